The maximum Gasteiger partial charge on any atom is 0.312 e. The minimum absolute atomic E-state index is 0.0111. The number of urea groups is 1. The lowest BCUT2D eigenvalue weighted by atomic mass is 10.0. The first-order valence-electron chi connectivity index (χ1n) is 14.5. The summed E-state index contributed by atoms with van der Waals surface area (Å²) in [6, 6.07) is 3.16. The fourth-order valence-electron chi connectivity index (χ4n) is 4.00. The van der Waals surface area contributed by atoms with Crippen molar-refractivity contribution in [3.63, 3.8) is 0 Å². The van der Waals surface area contributed by atoms with Gasteiger partial charge in [-0.1, -0.05) is 46.8 Å². The first-order chi connectivity index (χ1) is 20.2. The second kappa shape index (κ2) is 19.1. The Hall–Kier alpha value is -4.20. The van der Waals surface area contributed by atoms with Crippen molar-refractivity contribution in [1.29, 1.82) is 0 Å². The molecule has 0 aromatic heterocycles. The molecule has 1 rings (SSSR count). The zero-order valence-corrected chi connectivity index (χ0v) is 25.7. The molecule has 6 amide bonds. The molecule has 0 aliphatic rings. The molecule has 43 heavy (non-hydrogen) atoms. The van der Waals surface area contributed by atoms with E-state index in [1.165, 1.54) is 0 Å². The van der Waals surface area contributed by atoms with Crippen molar-refractivity contribution >= 4 is 41.3 Å². The SMILES string of the molecule is CCC(=O)OCc1ccc(NC(=O)[C@H](CCCNC(N)=O)NC(=O)[C@@H](NC(=O)[C@H](CCC(N)=O)NC(C)C)C(C)C)cc1. The summed E-state index contributed by atoms with van der Waals surface area (Å²) in [4.78, 5) is 73.5. The highest BCUT2D eigenvalue weighted by atomic mass is 16.5. The number of carbonyl (C=O) groups is 6. The molecule has 0 radical (unpaired) electrons. The Kier molecular flexibility index (Phi) is 16.3. The van der Waals surface area contributed by atoms with E-state index in [1.54, 1.807) is 45.0 Å². The minimum Gasteiger partial charge on any atom is -0.461 e. The van der Waals surface area contributed by atoms with Gasteiger partial charge in [0.05, 0.1) is 6.04 Å². The number of rotatable bonds is 19. The van der Waals surface area contributed by atoms with Crippen LogP contribution >= 0.6 is 0 Å². The van der Waals surface area contributed by atoms with Crippen molar-refractivity contribution < 1.29 is 33.5 Å². The molecule has 14 nitrogen and oxygen atoms in total. The molecule has 0 heterocycles. The summed E-state index contributed by atoms with van der Waals surface area (Å²) in [6.45, 7) is 9.20. The second-order valence-corrected chi connectivity index (χ2v) is 10.8. The van der Waals surface area contributed by atoms with Crippen LogP contribution in [0.15, 0.2) is 24.3 Å². The summed E-state index contributed by atoms with van der Waals surface area (Å²) in [5.74, 6) is -2.76. The summed E-state index contributed by atoms with van der Waals surface area (Å²) in [5.41, 5.74) is 11.6. The maximum absolute atomic E-state index is 13.4. The van der Waals surface area contributed by atoms with Crippen LogP contribution < -0.4 is 38.1 Å². The molecule has 14 heteroatoms. The summed E-state index contributed by atoms with van der Waals surface area (Å²) >= 11 is 0. The number of nitrogens with one attached hydrogen (secondary N) is 5. The first-order valence-corrected chi connectivity index (χ1v) is 14.5. The molecule has 0 aliphatic heterocycles. The molecular weight excluding hydrogens is 558 g/mol. The van der Waals surface area contributed by atoms with Crippen molar-refractivity contribution in [3.8, 4) is 0 Å². The number of hydrogen-bond donors (Lipinski definition) is 7. The Bertz CT molecular complexity index is 1090. The van der Waals surface area contributed by atoms with E-state index < -0.39 is 47.8 Å². The van der Waals surface area contributed by atoms with Gasteiger partial charge in [0.2, 0.25) is 23.6 Å². The number of anilines is 1. The summed E-state index contributed by atoms with van der Waals surface area (Å²) < 4.78 is 5.11. The third kappa shape index (κ3) is 15.0. The van der Waals surface area contributed by atoms with Gasteiger partial charge in [-0.25, -0.2) is 4.79 Å². The van der Waals surface area contributed by atoms with E-state index in [9.17, 15) is 28.8 Å². The molecule has 0 bridgehead atoms. The Morgan fingerprint density at radius 3 is 2.02 bits per heavy atom. The summed E-state index contributed by atoms with van der Waals surface area (Å²) in [7, 11) is 0. The van der Waals surface area contributed by atoms with Crippen LogP contribution in [0.3, 0.4) is 0 Å². The van der Waals surface area contributed by atoms with E-state index in [1.807, 2.05) is 13.8 Å². The summed E-state index contributed by atoms with van der Waals surface area (Å²) in [5, 5.41) is 13.8. The fourth-order valence-corrected chi connectivity index (χ4v) is 4.00. The quantitative estimate of drug-likeness (QED) is 0.0879. The van der Waals surface area contributed by atoms with Crippen LogP contribution in [0.5, 0.6) is 0 Å². The molecular formula is C29H47N7O7. The lowest BCUT2D eigenvalue weighted by Gasteiger charge is -2.28. The van der Waals surface area contributed by atoms with Crippen LogP contribution in [0.1, 0.15) is 72.3 Å². The molecule has 0 saturated carbocycles. The van der Waals surface area contributed by atoms with Gasteiger partial charge in [0.1, 0.15) is 18.7 Å². The summed E-state index contributed by atoms with van der Waals surface area (Å²) in [6.07, 6.45) is 0.904. The van der Waals surface area contributed by atoms with Crippen LogP contribution in [0.2, 0.25) is 0 Å². The topological polar surface area (TPSA) is 224 Å². The monoisotopic (exact) mass is 605 g/mol. The normalized spacial score (nSPS) is 13.0. The lowest BCUT2D eigenvalue weighted by Crippen LogP contribution is -2.58. The van der Waals surface area contributed by atoms with E-state index >= 15 is 0 Å². The van der Waals surface area contributed by atoms with Gasteiger partial charge < -0.3 is 42.8 Å². The number of nitrogens with two attached hydrogens (primary N) is 2. The molecule has 0 saturated heterocycles. The zero-order chi connectivity index (χ0) is 32.5. The molecule has 9 N–H and O–H groups in total. The minimum atomic E-state index is -1.01. The zero-order valence-electron chi connectivity index (χ0n) is 25.7. The molecule has 240 valence electrons. The average molecular weight is 606 g/mol. The Morgan fingerprint density at radius 2 is 1.49 bits per heavy atom. The van der Waals surface area contributed by atoms with Gasteiger partial charge in [-0.2, -0.15) is 0 Å². The van der Waals surface area contributed by atoms with E-state index in [-0.39, 0.29) is 56.8 Å². The third-order valence-corrected chi connectivity index (χ3v) is 6.29. The number of ether oxygens (including phenoxy) is 1. The van der Waals surface area contributed by atoms with Gasteiger partial charge in [-0.15, -0.1) is 0 Å². The molecule has 1 aromatic carbocycles. The van der Waals surface area contributed by atoms with E-state index in [0.29, 0.717) is 12.1 Å². The Labute approximate surface area is 252 Å². The Morgan fingerprint density at radius 1 is 0.837 bits per heavy atom. The molecule has 3 atom stereocenters. The van der Waals surface area contributed by atoms with Crippen LogP contribution in [0.4, 0.5) is 10.5 Å². The van der Waals surface area contributed by atoms with Gasteiger partial charge in [-0.05, 0) is 42.9 Å². The van der Waals surface area contributed by atoms with Crippen LogP contribution in [-0.2, 0) is 35.3 Å². The van der Waals surface area contributed by atoms with Crippen molar-refractivity contribution in [1.82, 2.24) is 21.3 Å². The predicted molar refractivity (Wildman–Crippen MR) is 161 cm³/mol. The molecule has 0 unspecified atom stereocenters. The van der Waals surface area contributed by atoms with E-state index in [4.69, 9.17) is 16.2 Å². The van der Waals surface area contributed by atoms with Gasteiger partial charge >= 0.3 is 12.0 Å². The highest BCUT2D eigenvalue weighted by Gasteiger charge is 2.31. The molecule has 0 spiro atoms. The largest absolute Gasteiger partial charge is 0.461 e. The molecule has 0 aliphatic carbocycles. The maximum atomic E-state index is 13.4. The van der Waals surface area contributed by atoms with Gasteiger partial charge in [-0.3, -0.25) is 24.0 Å². The lowest BCUT2D eigenvalue weighted by molar-refractivity contribution is -0.144. The fraction of sp³-hybridized carbons (Fsp3) is 0.586. The number of benzene rings is 1. The van der Waals surface area contributed by atoms with Crippen molar-refractivity contribution in [2.24, 2.45) is 17.4 Å². The van der Waals surface area contributed by atoms with Crippen molar-refractivity contribution in [2.45, 2.75) is 97.5 Å². The molecule has 0 fully saturated rings. The highest BCUT2D eigenvalue weighted by Crippen LogP contribution is 2.13. The Balaban J connectivity index is 3.02. The number of primary amides is 2. The van der Waals surface area contributed by atoms with Crippen LogP contribution in [-0.4, -0.2) is 66.3 Å². The van der Waals surface area contributed by atoms with Crippen LogP contribution in [0.25, 0.3) is 0 Å². The number of amides is 6. The third-order valence-electron chi connectivity index (χ3n) is 6.29. The first kappa shape index (κ1) is 36.8. The van der Waals surface area contributed by atoms with E-state index in [0.717, 1.165) is 5.56 Å². The van der Waals surface area contributed by atoms with Crippen molar-refractivity contribution in [3.05, 3.63) is 29.8 Å². The van der Waals surface area contributed by atoms with Gasteiger partial charge in [0.15, 0.2) is 0 Å². The van der Waals surface area contributed by atoms with Crippen molar-refractivity contribution in [2.75, 3.05) is 11.9 Å². The average Bonchev–Trinajstić information content (AvgIpc) is 2.93. The smallest absolute Gasteiger partial charge is 0.312 e. The number of esters is 1. The standard InChI is InChI=1S/C29H47N7O7/c1-6-24(38)43-16-19-9-11-20(12-10-19)34-26(39)21(8-7-15-32-29(31)42)35-28(41)25(17(2)3)36-27(40)22(33-18(4)5)13-14-23(30)37/h9-12,17-18,21-22,25,33H,6-8,13-16H2,1-5H3,(H2,30,37)(H,34,39)(H,35,41)(H,36,40)(H3,31,32,42)/t21-,22-,25-/m0/s1. The number of hydrogen-bond acceptors (Lipinski definition) is 8. The predicted octanol–water partition coefficient (Wildman–Crippen LogP) is 0.785. The second-order valence-electron chi connectivity index (χ2n) is 10.8. The van der Waals surface area contributed by atoms with Crippen LogP contribution in [0, 0.1) is 5.92 Å². The van der Waals surface area contributed by atoms with E-state index in [2.05, 4.69) is 26.6 Å². The number of carbonyl (C=O) groups excluding carboxylic acids is 6. The van der Waals surface area contributed by atoms with Gasteiger partial charge in [0.25, 0.3) is 0 Å². The van der Waals surface area contributed by atoms with Gasteiger partial charge in [0, 0.05) is 31.1 Å². The molecule has 1 aromatic rings. The highest BCUT2D eigenvalue weighted by molar-refractivity contribution is 5.98.